The van der Waals surface area contributed by atoms with Crippen LogP contribution in [0.4, 0.5) is 0 Å². The molecule has 1 aliphatic carbocycles. The zero-order chi connectivity index (χ0) is 12.2. The highest BCUT2D eigenvalue weighted by Crippen LogP contribution is 2.46. The van der Waals surface area contributed by atoms with Crippen molar-refractivity contribution in [1.29, 1.82) is 0 Å². The molecule has 16 heavy (non-hydrogen) atoms. The second kappa shape index (κ2) is 5.67. The monoisotopic (exact) mass is 226 g/mol. The average molecular weight is 226 g/mol. The maximum Gasteiger partial charge on any atom is 0.226 e. The van der Waals surface area contributed by atoms with E-state index in [2.05, 4.69) is 31.4 Å². The third-order valence-corrected chi connectivity index (χ3v) is 3.65. The van der Waals surface area contributed by atoms with Gasteiger partial charge in [-0.1, -0.05) is 20.3 Å². The Kier molecular flexibility index (Phi) is 4.78. The molecule has 1 aliphatic rings. The SMILES string of the molecule is CNC(C)CNC(=O)C1(CC(C)C)CCC1. The molecule has 1 unspecified atom stereocenters. The van der Waals surface area contributed by atoms with Crippen molar-refractivity contribution in [1.82, 2.24) is 10.6 Å². The van der Waals surface area contributed by atoms with E-state index in [9.17, 15) is 4.79 Å². The fourth-order valence-electron chi connectivity index (χ4n) is 2.44. The van der Waals surface area contributed by atoms with Crippen LogP contribution in [-0.2, 0) is 4.79 Å². The maximum absolute atomic E-state index is 12.2. The lowest BCUT2D eigenvalue weighted by molar-refractivity contribution is -0.137. The Morgan fingerprint density at radius 1 is 1.31 bits per heavy atom. The van der Waals surface area contributed by atoms with Crippen molar-refractivity contribution in [3.05, 3.63) is 0 Å². The van der Waals surface area contributed by atoms with Gasteiger partial charge in [-0.3, -0.25) is 4.79 Å². The first-order valence-electron chi connectivity index (χ1n) is 6.46. The van der Waals surface area contributed by atoms with E-state index < -0.39 is 0 Å². The summed E-state index contributed by atoms with van der Waals surface area (Å²) in [5.41, 5.74) is -0.0401. The molecule has 0 saturated heterocycles. The molecule has 0 bridgehead atoms. The molecular formula is C13H26N2O. The number of carbonyl (C=O) groups is 1. The smallest absolute Gasteiger partial charge is 0.226 e. The Labute approximate surface area is 99.4 Å². The van der Waals surface area contributed by atoms with Crippen LogP contribution in [0.25, 0.3) is 0 Å². The lowest BCUT2D eigenvalue weighted by Gasteiger charge is -2.41. The summed E-state index contributed by atoms with van der Waals surface area (Å²) in [6.45, 7) is 7.21. The van der Waals surface area contributed by atoms with E-state index in [1.165, 1.54) is 6.42 Å². The van der Waals surface area contributed by atoms with Crippen LogP contribution in [0.3, 0.4) is 0 Å². The fourth-order valence-corrected chi connectivity index (χ4v) is 2.44. The molecule has 0 radical (unpaired) electrons. The first-order chi connectivity index (χ1) is 7.50. The van der Waals surface area contributed by atoms with Crippen molar-refractivity contribution < 1.29 is 4.79 Å². The van der Waals surface area contributed by atoms with Crippen molar-refractivity contribution in [2.24, 2.45) is 11.3 Å². The Morgan fingerprint density at radius 2 is 1.94 bits per heavy atom. The summed E-state index contributed by atoms with van der Waals surface area (Å²) in [5.74, 6) is 0.877. The zero-order valence-electron chi connectivity index (χ0n) is 11.1. The second-order valence-electron chi connectivity index (χ2n) is 5.63. The summed E-state index contributed by atoms with van der Waals surface area (Å²) in [6, 6.07) is 0.347. The Morgan fingerprint density at radius 3 is 2.31 bits per heavy atom. The minimum atomic E-state index is -0.0401. The predicted molar refractivity (Wildman–Crippen MR) is 67.3 cm³/mol. The lowest BCUT2D eigenvalue weighted by atomic mass is 9.64. The summed E-state index contributed by atoms with van der Waals surface area (Å²) in [5, 5.41) is 6.21. The van der Waals surface area contributed by atoms with Crippen LogP contribution in [0.5, 0.6) is 0 Å². The number of hydrogen-bond acceptors (Lipinski definition) is 2. The summed E-state index contributed by atoms with van der Waals surface area (Å²) < 4.78 is 0. The third-order valence-electron chi connectivity index (χ3n) is 3.65. The summed E-state index contributed by atoms with van der Waals surface area (Å²) in [4.78, 5) is 12.2. The van der Waals surface area contributed by atoms with Crippen LogP contribution in [0.15, 0.2) is 0 Å². The highest BCUT2D eigenvalue weighted by atomic mass is 16.2. The molecule has 0 aliphatic heterocycles. The molecular weight excluding hydrogens is 200 g/mol. The fraction of sp³-hybridized carbons (Fsp3) is 0.923. The average Bonchev–Trinajstić information content (AvgIpc) is 2.19. The molecule has 1 saturated carbocycles. The molecule has 3 nitrogen and oxygen atoms in total. The molecule has 1 atom stereocenters. The molecule has 1 amide bonds. The minimum Gasteiger partial charge on any atom is -0.354 e. The van der Waals surface area contributed by atoms with Crippen molar-refractivity contribution in [2.45, 2.75) is 52.5 Å². The summed E-state index contributed by atoms with van der Waals surface area (Å²) >= 11 is 0. The quantitative estimate of drug-likeness (QED) is 0.726. The normalized spacial score (nSPS) is 20.3. The molecule has 0 heterocycles. The van der Waals surface area contributed by atoms with Gasteiger partial charge in [-0.15, -0.1) is 0 Å². The standard InChI is InChI=1S/C13H26N2O/c1-10(2)8-13(6-5-7-13)12(16)15-9-11(3)14-4/h10-11,14H,5-9H2,1-4H3,(H,15,16). The van der Waals surface area contributed by atoms with Gasteiger partial charge in [-0.25, -0.2) is 0 Å². The van der Waals surface area contributed by atoms with Crippen molar-refractivity contribution >= 4 is 5.91 Å². The Bertz CT molecular complexity index is 234. The van der Waals surface area contributed by atoms with Gasteiger partial charge in [0.15, 0.2) is 0 Å². The Hall–Kier alpha value is -0.570. The second-order valence-corrected chi connectivity index (χ2v) is 5.63. The van der Waals surface area contributed by atoms with Crippen LogP contribution in [0.1, 0.15) is 46.5 Å². The summed E-state index contributed by atoms with van der Waals surface area (Å²) in [7, 11) is 1.92. The highest BCUT2D eigenvalue weighted by molar-refractivity contribution is 5.83. The molecule has 1 rings (SSSR count). The summed E-state index contributed by atoms with van der Waals surface area (Å²) in [6.07, 6.45) is 4.39. The van der Waals surface area contributed by atoms with Gasteiger partial charge in [-0.2, -0.15) is 0 Å². The number of nitrogens with one attached hydrogen (secondary N) is 2. The van der Waals surface area contributed by atoms with Gasteiger partial charge in [0.25, 0.3) is 0 Å². The molecule has 94 valence electrons. The number of amides is 1. The lowest BCUT2D eigenvalue weighted by Crippen LogP contribution is -2.49. The van der Waals surface area contributed by atoms with Crippen molar-refractivity contribution in [2.75, 3.05) is 13.6 Å². The van der Waals surface area contributed by atoms with E-state index >= 15 is 0 Å². The molecule has 0 aromatic carbocycles. The number of hydrogen-bond donors (Lipinski definition) is 2. The van der Waals surface area contributed by atoms with Crippen LogP contribution in [0, 0.1) is 11.3 Å². The van der Waals surface area contributed by atoms with Gasteiger partial charge in [0.1, 0.15) is 0 Å². The van der Waals surface area contributed by atoms with Gasteiger partial charge in [-0.05, 0) is 39.2 Å². The molecule has 1 fully saturated rings. The third kappa shape index (κ3) is 3.21. The van der Waals surface area contributed by atoms with Crippen LogP contribution in [-0.4, -0.2) is 25.5 Å². The molecule has 0 spiro atoms. The molecule has 3 heteroatoms. The van der Waals surface area contributed by atoms with Crippen molar-refractivity contribution in [3.63, 3.8) is 0 Å². The highest BCUT2D eigenvalue weighted by Gasteiger charge is 2.43. The van der Waals surface area contributed by atoms with Crippen molar-refractivity contribution in [3.8, 4) is 0 Å². The first kappa shape index (κ1) is 13.5. The van der Waals surface area contributed by atoms with E-state index in [1.54, 1.807) is 0 Å². The molecule has 0 aromatic heterocycles. The minimum absolute atomic E-state index is 0.0401. The number of likely N-dealkylation sites (N-methyl/N-ethyl adjacent to an activating group) is 1. The van der Waals surface area contributed by atoms with Gasteiger partial charge < -0.3 is 10.6 Å². The van der Waals surface area contributed by atoms with E-state index in [4.69, 9.17) is 0 Å². The molecule has 2 N–H and O–H groups in total. The van der Waals surface area contributed by atoms with E-state index in [1.807, 2.05) is 7.05 Å². The predicted octanol–water partition coefficient (Wildman–Crippen LogP) is 1.93. The zero-order valence-corrected chi connectivity index (χ0v) is 11.1. The van der Waals surface area contributed by atoms with Gasteiger partial charge in [0, 0.05) is 18.0 Å². The maximum atomic E-state index is 12.2. The number of rotatable bonds is 6. The Balaban J connectivity index is 2.43. The van der Waals surface area contributed by atoms with Crippen LogP contribution in [0.2, 0.25) is 0 Å². The van der Waals surface area contributed by atoms with E-state index in [0.29, 0.717) is 12.0 Å². The van der Waals surface area contributed by atoms with Gasteiger partial charge in [0.05, 0.1) is 0 Å². The largest absolute Gasteiger partial charge is 0.354 e. The number of carbonyl (C=O) groups excluding carboxylic acids is 1. The van der Waals surface area contributed by atoms with Gasteiger partial charge in [0.2, 0.25) is 5.91 Å². The van der Waals surface area contributed by atoms with E-state index in [-0.39, 0.29) is 11.3 Å². The topological polar surface area (TPSA) is 41.1 Å². The van der Waals surface area contributed by atoms with Gasteiger partial charge >= 0.3 is 0 Å². The van der Waals surface area contributed by atoms with Crippen LogP contribution >= 0.6 is 0 Å². The molecule has 0 aromatic rings. The first-order valence-corrected chi connectivity index (χ1v) is 6.46. The van der Waals surface area contributed by atoms with Crippen LogP contribution < -0.4 is 10.6 Å². The van der Waals surface area contributed by atoms with E-state index in [0.717, 1.165) is 25.8 Å².